The van der Waals surface area contributed by atoms with Gasteiger partial charge >= 0.3 is 0 Å². The van der Waals surface area contributed by atoms with Crippen molar-refractivity contribution in [3.05, 3.63) is 39.6 Å². The number of nitrogens with zero attached hydrogens (tertiary/aromatic N) is 1. The Morgan fingerprint density at radius 3 is 2.75 bits per heavy atom. The quantitative estimate of drug-likeness (QED) is 0.641. The molecule has 0 amide bonds. The van der Waals surface area contributed by atoms with Gasteiger partial charge in [0.25, 0.3) is 0 Å². The lowest BCUT2D eigenvalue weighted by atomic mass is 10.3. The molecule has 0 saturated carbocycles. The lowest BCUT2D eigenvalue weighted by Crippen LogP contribution is -1.96. The van der Waals surface area contributed by atoms with Gasteiger partial charge in [-0.2, -0.15) is 0 Å². The summed E-state index contributed by atoms with van der Waals surface area (Å²) in [7, 11) is 0. The molecule has 0 fully saturated rings. The molecule has 0 bridgehead atoms. The highest BCUT2D eigenvalue weighted by atomic mass is 35.5. The van der Waals surface area contributed by atoms with Crippen molar-refractivity contribution in [2.75, 3.05) is 0 Å². The van der Waals surface area contributed by atoms with Crippen LogP contribution in [0.5, 0.6) is 0 Å². The number of aromatic amines is 1. The van der Waals surface area contributed by atoms with Crippen LogP contribution in [0.4, 0.5) is 0 Å². The number of halogens is 2. The predicted octanol–water partition coefficient (Wildman–Crippen LogP) is 4.58. The lowest BCUT2D eigenvalue weighted by Gasteiger charge is -2.02. The van der Waals surface area contributed by atoms with Crippen molar-refractivity contribution < 1.29 is 0 Å². The van der Waals surface area contributed by atoms with Crippen molar-refractivity contribution in [2.24, 2.45) is 0 Å². The number of hydrogen-bond acceptors (Lipinski definition) is 1. The maximum absolute atomic E-state index is 5.99. The molecule has 0 aliphatic carbocycles. The molecule has 1 N–H and O–H groups in total. The fourth-order valence-electron chi connectivity index (χ4n) is 1.59. The fourth-order valence-corrected chi connectivity index (χ4v) is 2.22. The van der Waals surface area contributed by atoms with Gasteiger partial charge in [-0.1, -0.05) is 29.3 Å². The van der Waals surface area contributed by atoms with E-state index in [2.05, 4.69) is 11.6 Å². The van der Waals surface area contributed by atoms with Crippen molar-refractivity contribution in [1.29, 1.82) is 0 Å². The van der Waals surface area contributed by atoms with Gasteiger partial charge in [-0.25, -0.2) is 0 Å². The van der Waals surface area contributed by atoms with Crippen LogP contribution in [0.3, 0.4) is 0 Å². The molecule has 2 rings (SSSR count). The number of H-pyrrole nitrogens is 1. The number of nitrogens with one attached hydrogen (secondary N) is 1. The van der Waals surface area contributed by atoms with Crippen LogP contribution >= 0.6 is 35.4 Å². The number of allylic oxidation sites excluding steroid dienone is 1. The van der Waals surface area contributed by atoms with E-state index in [-0.39, 0.29) is 0 Å². The number of benzene rings is 1. The molecule has 5 heteroatoms. The van der Waals surface area contributed by atoms with Crippen LogP contribution in [0.15, 0.2) is 24.8 Å². The van der Waals surface area contributed by atoms with Gasteiger partial charge < -0.3 is 9.55 Å². The molecule has 1 aromatic heterocycles. The highest BCUT2D eigenvalue weighted by Gasteiger charge is 2.07. The fraction of sp³-hybridized carbons (Fsp3) is 0.182. The SMILES string of the molecule is C=CCCn1c(=S)[nH]c2cc(Cl)c(Cl)cc21. The Bertz CT molecular complexity index is 598. The minimum absolute atomic E-state index is 0.529. The van der Waals surface area contributed by atoms with E-state index in [0.717, 1.165) is 24.0 Å². The molecule has 0 aliphatic rings. The lowest BCUT2D eigenvalue weighted by molar-refractivity contribution is 0.721. The first-order valence-electron chi connectivity index (χ1n) is 4.82. The average molecular weight is 273 g/mol. The summed E-state index contributed by atoms with van der Waals surface area (Å²) in [5.74, 6) is 0. The van der Waals surface area contributed by atoms with Gasteiger partial charge in [-0.05, 0) is 30.8 Å². The molecule has 0 atom stereocenters. The number of hydrogen-bond donors (Lipinski definition) is 1. The Morgan fingerprint density at radius 1 is 1.38 bits per heavy atom. The predicted molar refractivity (Wildman–Crippen MR) is 72.0 cm³/mol. The van der Waals surface area contributed by atoms with Crippen LogP contribution < -0.4 is 0 Å². The number of aryl methyl sites for hydroxylation is 1. The molecule has 1 heterocycles. The second-order valence-corrected chi connectivity index (χ2v) is 4.64. The van der Waals surface area contributed by atoms with Crippen LogP contribution in [-0.2, 0) is 6.54 Å². The monoisotopic (exact) mass is 272 g/mol. The van der Waals surface area contributed by atoms with Crippen LogP contribution in [0.25, 0.3) is 11.0 Å². The molecule has 0 spiro atoms. The Kier molecular flexibility index (Phi) is 3.38. The van der Waals surface area contributed by atoms with Crippen LogP contribution in [0, 0.1) is 4.77 Å². The standard InChI is InChI=1S/C11H10Cl2N2S/c1-2-3-4-15-10-6-8(13)7(12)5-9(10)14-11(15)16/h2,5-6H,1,3-4H2,(H,14,16). The van der Waals surface area contributed by atoms with Crippen LogP contribution in [-0.4, -0.2) is 9.55 Å². The minimum atomic E-state index is 0.529. The Morgan fingerprint density at radius 2 is 2.06 bits per heavy atom. The van der Waals surface area contributed by atoms with Gasteiger partial charge in [0.1, 0.15) is 0 Å². The third-order valence-electron chi connectivity index (χ3n) is 2.37. The molecule has 0 saturated heterocycles. The summed E-state index contributed by atoms with van der Waals surface area (Å²) >= 11 is 17.2. The van der Waals surface area contributed by atoms with E-state index in [1.165, 1.54) is 0 Å². The van der Waals surface area contributed by atoms with Crippen LogP contribution in [0.2, 0.25) is 10.0 Å². The first-order valence-corrected chi connectivity index (χ1v) is 5.98. The maximum atomic E-state index is 5.99. The number of imidazole rings is 1. The summed E-state index contributed by atoms with van der Waals surface area (Å²) < 4.78 is 2.67. The number of fused-ring (bicyclic) bond motifs is 1. The van der Waals surface area contributed by atoms with Crippen LogP contribution in [0.1, 0.15) is 6.42 Å². The van der Waals surface area contributed by atoms with Crippen molar-refractivity contribution in [2.45, 2.75) is 13.0 Å². The molecule has 0 aliphatic heterocycles. The maximum Gasteiger partial charge on any atom is 0.178 e. The van der Waals surface area contributed by atoms with Crippen molar-refractivity contribution in [1.82, 2.24) is 9.55 Å². The largest absolute Gasteiger partial charge is 0.331 e. The smallest absolute Gasteiger partial charge is 0.178 e. The van der Waals surface area contributed by atoms with Crippen molar-refractivity contribution in [3.8, 4) is 0 Å². The summed E-state index contributed by atoms with van der Waals surface area (Å²) in [5.41, 5.74) is 1.88. The molecule has 2 aromatic rings. The van der Waals surface area contributed by atoms with Gasteiger partial charge in [0, 0.05) is 6.54 Å². The van der Waals surface area contributed by atoms with Gasteiger partial charge in [0.05, 0.1) is 21.1 Å². The summed E-state index contributed by atoms with van der Waals surface area (Å²) in [6, 6.07) is 3.62. The highest BCUT2D eigenvalue weighted by Crippen LogP contribution is 2.27. The average Bonchev–Trinajstić information content (AvgIpc) is 2.52. The van der Waals surface area contributed by atoms with E-state index < -0.39 is 0 Å². The third-order valence-corrected chi connectivity index (χ3v) is 3.42. The molecule has 0 unspecified atom stereocenters. The molecular weight excluding hydrogens is 263 g/mol. The van der Waals surface area contributed by atoms with E-state index in [1.807, 2.05) is 16.7 Å². The van der Waals surface area contributed by atoms with E-state index >= 15 is 0 Å². The molecule has 84 valence electrons. The van der Waals surface area contributed by atoms with E-state index in [9.17, 15) is 0 Å². The zero-order valence-corrected chi connectivity index (χ0v) is 10.8. The number of rotatable bonds is 3. The normalized spacial score (nSPS) is 10.9. The van der Waals surface area contributed by atoms with Gasteiger partial charge in [-0.3, -0.25) is 0 Å². The van der Waals surface area contributed by atoms with Gasteiger partial charge in [0.15, 0.2) is 4.77 Å². The Hall–Kier alpha value is -0.770. The third kappa shape index (κ3) is 2.03. The summed E-state index contributed by atoms with van der Waals surface area (Å²) in [4.78, 5) is 3.10. The van der Waals surface area contributed by atoms with Gasteiger partial charge in [-0.15, -0.1) is 6.58 Å². The second-order valence-electron chi connectivity index (χ2n) is 3.44. The molecule has 16 heavy (non-hydrogen) atoms. The Balaban J connectivity index is 2.64. The first-order chi connectivity index (χ1) is 7.63. The Labute approximate surface area is 108 Å². The topological polar surface area (TPSA) is 20.7 Å². The highest BCUT2D eigenvalue weighted by molar-refractivity contribution is 7.71. The minimum Gasteiger partial charge on any atom is -0.331 e. The van der Waals surface area contributed by atoms with E-state index in [1.54, 1.807) is 6.07 Å². The zero-order chi connectivity index (χ0) is 11.7. The summed E-state index contributed by atoms with van der Waals surface area (Å²) in [6.45, 7) is 4.49. The number of aromatic nitrogens is 2. The molecule has 1 aromatic carbocycles. The van der Waals surface area contributed by atoms with E-state index in [4.69, 9.17) is 35.4 Å². The molecule has 2 nitrogen and oxygen atoms in total. The zero-order valence-electron chi connectivity index (χ0n) is 8.46. The second kappa shape index (κ2) is 4.62. The molecule has 0 radical (unpaired) electrons. The summed E-state index contributed by atoms with van der Waals surface area (Å²) in [6.07, 6.45) is 2.72. The van der Waals surface area contributed by atoms with E-state index in [0.29, 0.717) is 14.8 Å². The summed E-state index contributed by atoms with van der Waals surface area (Å²) in [5, 5.41) is 1.07. The van der Waals surface area contributed by atoms with Gasteiger partial charge in [0.2, 0.25) is 0 Å². The first kappa shape index (κ1) is 11.7. The molecular formula is C11H10Cl2N2S. The van der Waals surface area contributed by atoms with Crippen molar-refractivity contribution in [3.63, 3.8) is 0 Å². The van der Waals surface area contributed by atoms with Crippen molar-refractivity contribution >= 4 is 46.5 Å².